The largest absolute Gasteiger partial charge is 0.382 e. The maximum Gasteiger partial charge on any atom is 0.170 e. The van der Waals surface area contributed by atoms with Crippen molar-refractivity contribution in [2.75, 3.05) is 12.8 Å². The van der Waals surface area contributed by atoms with Crippen LogP contribution in [0.25, 0.3) is 21.3 Å². The Hall–Kier alpha value is -1.90. The van der Waals surface area contributed by atoms with Crippen molar-refractivity contribution < 1.29 is 0 Å². The monoisotopic (exact) mass is 376 g/mol. The quantitative estimate of drug-likeness (QED) is 0.727. The third kappa shape index (κ3) is 3.13. The molecule has 0 radical (unpaired) electrons. The number of anilines is 1. The van der Waals surface area contributed by atoms with Crippen molar-refractivity contribution in [1.29, 1.82) is 0 Å². The molecule has 0 amide bonds. The van der Waals surface area contributed by atoms with Crippen LogP contribution < -0.4 is 11.1 Å². The smallest absolute Gasteiger partial charge is 0.170 e. The van der Waals surface area contributed by atoms with Crippen molar-refractivity contribution in [2.24, 2.45) is 0 Å². The van der Waals surface area contributed by atoms with Gasteiger partial charge in [-0.3, -0.25) is 0 Å². The molecule has 0 atom stereocenters. The summed E-state index contributed by atoms with van der Waals surface area (Å²) in [6.45, 7) is 0.839. The highest BCUT2D eigenvalue weighted by molar-refractivity contribution is 9.10. The number of hydrogen-bond donors (Lipinski definition) is 2. The minimum atomic E-state index is 0.343. The van der Waals surface area contributed by atoms with Crippen molar-refractivity contribution in [1.82, 2.24) is 25.5 Å². The summed E-state index contributed by atoms with van der Waals surface area (Å²) >= 11 is 4.73. The zero-order valence-electron chi connectivity index (χ0n) is 11.7. The van der Waals surface area contributed by atoms with Crippen LogP contribution in [0, 0.1) is 0 Å². The van der Waals surface area contributed by atoms with Crippen LogP contribution in [-0.4, -0.2) is 27.2 Å². The van der Waals surface area contributed by atoms with Crippen LogP contribution in [0.4, 0.5) is 5.82 Å². The van der Waals surface area contributed by atoms with Gasteiger partial charge >= 0.3 is 0 Å². The van der Waals surface area contributed by atoms with Gasteiger partial charge in [-0.25, -0.2) is 9.97 Å². The first kappa shape index (κ1) is 15.0. The first-order chi connectivity index (χ1) is 10.7. The Bertz CT molecular complexity index is 786. The zero-order valence-corrected chi connectivity index (χ0v) is 14.1. The second-order valence-electron chi connectivity index (χ2n) is 4.57. The molecule has 1 aromatic carbocycles. The number of nitrogens with one attached hydrogen (secondary N) is 1. The van der Waals surface area contributed by atoms with E-state index in [1.165, 1.54) is 16.9 Å². The molecule has 3 aromatic rings. The van der Waals surface area contributed by atoms with Gasteiger partial charge in [-0.2, -0.15) is 0 Å². The van der Waals surface area contributed by atoms with Crippen LogP contribution in [-0.2, 0) is 6.54 Å². The summed E-state index contributed by atoms with van der Waals surface area (Å²) in [7, 11) is 1.92. The highest BCUT2D eigenvalue weighted by atomic mass is 79.9. The molecule has 0 fully saturated rings. The summed E-state index contributed by atoms with van der Waals surface area (Å²) < 4.78 is 0.616. The molecule has 112 valence electrons. The summed E-state index contributed by atoms with van der Waals surface area (Å²) in [6, 6.07) is 8.21. The van der Waals surface area contributed by atoms with Gasteiger partial charge in [0.25, 0.3) is 0 Å². The van der Waals surface area contributed by atoms with Gasteiger partial charge in [-0.05, 0) is 28.5 Å². The molecule has 3 N–H and O–H groups in total. The maximum absolute atomic E-state index is 5.86. The van der Waals surface area contributed by atoms with Crippen LogP contribution in [0.5, 0.6) is 0 Å². The van der Waals surface area contributed by atoms with E-state index >= 15 is 0 Å². The normalized spacial score (nSPS) is 10.8. The van der Waals surface area contributed by atoms with Gasteiger partial charge in [0.2, 0.25) is 0 Å². The highest BCUT2D eigenvalue weighted by Gasteiger charge is 2.14. The van der Waals surface area contributed by atoms with Gasteiger partial charge in [0.1, 0.15) is 15.3 Å². The van der Waals surface area contributed by atoms with Crippen molar-refractivity contribution in [3.05, 3.63) is 40.6 Å². The molecule has 0 unspecified atom stereocenters. The Morgan fingerprint density at radius 1 is 1.18 bits per heavy atom. The Balaban J connectivity index is 1.91. The lowest BCUT2D eigenvalue weighted by Crippen LogP contribution is -2.04. The third-order valence-electron chi connectivity index (χ3n) is 2.98. The maximum atomic E-state index is 5.86. The summed E-state index contributed by atoms with van der Waals surface area (Å²) in [5, 5.41) is 13.0. The number of nitrogens with two attached hydrogens (primary N) is 1. The summed E-state index contributed by atoms with van der Waals surface area (Å²) in [5.41, 5.74) is 8.65. The van der Waals surface area contributed by atoms with Gasteiger partial charge in [0.15, 0.2) is 10.8 Å². The molecule has 0 aliphatic carbocycles. The van der Waals surface area contributed by atoms with Crippen LogP contribution in [0.1, 0.15) is 5.56 Å². The number of halogens is 1. The van der Waals surface area contributed by atoms with E-state index in [0.29, 0.717) is 21.1 Å². The molecular formula is C14H13BrN6S. The standard InChI is InChI=1S/C14H13BrN6S/c1-17-6-8-2-4-9(5-3-8)13-20-21-14(22-13)11-12(16)18-7-10(15)19-11/h2-5,7,17H,6H2,1H3,(H2,16,18). The van der Waals surface area contributed by atoms with Crippen molar-refractivity contribution in [3.63, 3.8) is 0 Å². The molecule has 2 heterocycles. The highest BCUT2D eigenvalue weighted by Crippen LogP contribution is 2.31. The zero-order chi connectivity index (χ0) is 15.5. The fourth-order valence-corrected chi connectivity index (χ4v) is 3.07. The Kier molecular flexibility index (Phi) is 4.41. The Labute approximate surface area is 140 Å². The second kappa shape index (κ2) is 6.47. The predicted octanol–water partition coefficient (Wildman–Crippen LogP) is 2.73. The molecular weight excluding hydrogens is 364 g/mol. The molecule has 0 aliphatic heterocycles. The first-order valence-corrected chi connectivity index (χ1v) is 8.14. The lowest BCUT2D eigenvalue weighted by Gasteiger charge is -2.01. The molecule has 0 saturated carbocycles. The van der Waals surface area contributed by atoms with Gasteiger partial charge in [0.05, 0.1) is 6.20 Å². The molecule has 0 saturated heterocycles. The molecule has 3 rings (SSSR count). The van der Waals surface area contributed by atoms with E-state index in [2.05, 4.69) is 53.5 Å². The van der Waals surface area contributed by atoms with Gasteiger partial charge in [-0.1, -0.05) is 35.6 Å². The van der Waals surface area contributed by atoms with Crippen LogP contribution >= 0.6 is 27.3 Å². The van der Waals surface area contributed by atoms with Crippen molar-refractivity contribution in [3.8, 4) is 21.3 Å². The van der Waals surface area contributed by atoms with Crippen LogP contribution in [0.2, 0.25) is 0 Å². The van der Waals surface area contributed by atoms with E-state index in [1.54, 1.807) is 6.20 Å². The van der Waals surface area contributed by atoms with E-state index in [1.807, 2.05) is 19.2 Å². The molecule has 0 spiro atoms. The minimum Gasteiger partial charge on any atom is -0.382 e. The van der Waals surface area contributed by atoms with Gasteiger partial charge in [-0.15, -0.1) is 10.2 Å². The summed E-state index contributed by atoms with van der Waals surface area (Å²) in [4.78, 5) is 8.39. The van der Waals surface area contributed by atoms with E-state index in [0.717, 1.165) is 17.1 Å². The molecule has 22 heavy (non-hydrogen) atoms. The lowest BCUT2D eigenvalue weighted by atomic mass is 10.1. The van der Waals surface area contributed by atoms with E-state index < -0.39 is 0 Å². The second-order valence-corrected chi connectivity index (χ2v) is 6.36. The fraction of sp³-hybridized carbons (Fsp3) is 0.143. The average Bonchev–Trinajstić information content (AvgIpc) is 3.00. The number of nitrogen functional groups attached to an aromatic ring is 1. The number of rotatable bonds is 4. The fourth-order valence-electron chi connectivity index (χ4n) is 1.94. The van der Waals surface area contributed by atoms with Gasteiger partial charge < -0.3 is 11.1 Å². The Morgan fingerprint density at radius 2 is 1.91 bits per heavy atom. The SMILES string of the molecule is CNCc1ccc(-c2nnc(-c3nc(Br)cnc3N)s2)cc1. The first-order valence-electron chi connectivity index (χ1n) is 6.53. The number of nitrogens with zero attached hydrogens (tertiary/aromatic N) is 4. The van der Waals surface area contributed by atoms with Gasteiger partial charge in [0, 0.05) is 12.1 Å². The molecule has 6 nitrogen and oxygen atoms in total. The average molecular weight is 377 g/mol. The number of aromatic nitrogens is 4. The van der Waals surface area contributed by atoms with E-state index in [4.69, 9.17) is 5.73 Å². The van der Waals surface area contributed by atoms with Crippen LogP contribution in [0.15, 0.2) is 35.1 Å². The van der Waals surface area contributed by atoms with E-state index in [-0.39, 0.29) is 0 Å². The number of hydrogen-bond acceptors (Lipinski definition) is 7. The van der Waals surface area contributed by atoms with E-state index in [9.17, 15) is 0 Å². The van der Waals surface area contributed by atoms with Crippen LogP contribution in [0.3, 0.4) is 0 Å². The molecule has 0 aliphatic rings. The minimum absolute atomic E-state index is 0.343. The molecule has 0 bridgehead atoms. The Morgan fingerprint density at radius 3 is 2.64 bits per heavy atom. The summed E-state index contributed by atoms with van der Waals surface area (Å²) in [5.74, 6) is 0.343. The van der Waals surface area contributed by atoms with Crippen molar-refractivity contribution in [2.45, 2.75) is 6.54 Å². The molecule has 2 aromatic heterocycles. The third-order valence-corrected chi connectivity index (χ3v) is 4.34. The summed E-state index contributed by atoms with van der Waals surface area (Å²) in [6.07, 6.45) is 1.56. The predicted molar refractivity (Wildman–Crippen MR) is 91.2 cm³/mol. The van der Waals surface area contributed by atoms with Crippen molar-refractivity contribution >= 4 is 33.1 Å². The topological polar surface area (TPSA) is 89.6 Å². The number of benzene rings is 1. The lowest BCUT2D eigenvalue weighted by molar-refractivity contribution is 0.818. The molecule has 8 heteroatoms.